The number of alkyl halides is 1. The predicted molar refractivity (Wildman–Crippen MR) is 39.9 cm³/mol. The number of rotatable bonds is 3. The second-order valence-corrected chi connectivity index (χ2v) is 3.39. The smallest absolute Gasteiger partial charge is 0.159 e. The van der Waals surface area contributed by atoms with E-state index in [0.717, 1.165) is 0 Å². The molecule has 0 bridgehead atoms. The highest BCUT2D eigenvalue weighted by Crippen LogP contribution is 2.07. The zero-order valence-electron chi connectivity index (χ0n) is 5.85. The average Bonchev–Trinajstić information content (AvgIpc) is 1.64. The number of ether oxygens (including phenoxy) is 1. The van der Waals surface area contributed by atoms with E-state index in [1.54, 1.807) is 0 Å². The lowest BCUT2D eigenvalue weighted by Gasteiger charge is -2.13. The molecule has 0 radical (unpaired) electrons. The lowest BCUT2D eigenvalue weighted by atomic mass is 10.2. The van der Waals surface area contributed by atoms with Crippen LogP contribution in [0.1, 0.15) is 13.8 Å². The summed E-state index contributed by atoms with van der Waals surface area (Å²) in [7, 11) is 1.53. The molecule has 0 aliphatic carbocycles. The molecule has 2 unspecified atom stereocenters. The van der Waals surface area contributed by atoms with Crippen molar-refractivity contribution in [2.45, 2.75) is 24.8 Å². The Morgan fingerprint density at radius 2 is 2.11 bits per heavy atom. The molecule has 0 aromatic heterocycles. The maximum absolute atomic E-state index is 10.7. The van der Waals surface area contributed by atoms with Crippen LogP contribution in [0, 0.1) is 0 Å². The molecule has 2 nitrogen and oxygen atoms in total. The first-order valence-corrected chi connectivity index (χ1v) is 3.68. The number of Topliss-reactive ketones (excluding diaryl/α,β-unsaturated/α-hetero) is 1. The standard InChI is InChI=1S/C6H11BrO2/c1-4(7)6(9-3)5(2)8/h4,6H,1-3H3. The highest BCUT2D eigenvalue weighted by atomic mass is 79.9. The van der Waals surface area contributed by atoms with Gasteiger partial charge in [0.25, 0.3) is 0 Å². The summed E-state index contributed by atoms with van der Waals surface area (Å²) in [6, 6.07) is 0. The molecule has 0 aromatic carbocycles. The van der Waals surface area contributed by atoms with Gasteiger partial charge in [0.05, 0.1) is 0 Å². The van der Waals surface area contributed by atoms with Crippen LogP contribution in [0.15, 0.2) is 0 Å². The van der Waals surface area contributed by atoms with Gasteiger partial charge < -0.3 is 4.74 Å². The summed E-state index contributed by atoms with van der Waals surface area (Å²) < 4.78 is 4.88. The molecule has 0 spiro atoms. The fourth-order valence-electron chi connectivity index (χ4n) is 0.677. The lowest BCUT2D eigenvalue weighted by Crippen LogP contribution is -2.27. The van der Waals surface area contributed by atoms with Crippen molar-refractivity contribution in [1.29, 1.82) is 0 Å². The Morgan fingerprint density at radius 3 is 2.11 bits per heavy atom. The molecule has 0 rings (SSSR count). The number of ketones is 1. The second kappa shape index (κ2) is 4.01. The third-order valence-corrected chi connectivity index (χ3v) is 1.55. The normalized spacial score (nSPS) is 16.9. The van der Waals surface area contributed by atoms with Crippen molar-refractivity contribution in [1.82, 2.24) is 0 Å². The van der Waals surface area contributed by atoms with Crippen LogP contribution in [0.5, 0.6) is 0 Å². The molecule has 0 aromatic rings. The topological polar surface area (TPSA) is 26.3 Å². The molecule has 0 N–H and O–H groups in total. The molecule has 3 heteroatoms. The van der Waals surface area contributed by atoms with Crippen LogP contribution in [0.25, 0.3) is 0 Å². The molecule has 2 atom stereocenters. The largest absolute Gasteiger partial charge is 0.373 e. The number of hydrogen-bond acceptors (Lipinski definition) is 2. The van der Waals surface area contributed by atoms with Crippen LogP contribution < -0.4 is 0 Å². The fourth-order valence-corrected chi connectivity index (χ4v) is 1.26. The van der Waals surface area contributed by atoms with Gasteiger partial charge in [-0.3, -0.25) is 4.79 Å². The summed E-state index contributed by atoms with van der Waals surface area (Å²) in [5.41, 5.74) is 0. The van der Waals surface area contributed by atoms with Gasteiger partial charge in [0, 0.05) is 11.9 Å². The Hall–Kier alpha value is 0.110. The van der Waals surface area contributed by atoms with Crippen LogP contribution in [0.4, 0.5) is 0 Å². The molecule has 0 aliphatic heterocycles. The van der Waals surface area contributed by atoms with Crippen LogP contribution in [-0.2, 0) is 9.53 Å². The zero-order valence-corrected chi connectivity index (χ0v) is 7.44. The van der Waals surface area contributed by atoms with Crippen molar-refractivity contribution in [3.8, 4) is 0 Å². The van der Waals surface area contributed by atoms with E-state index in [-0.39, 0.29) is 16.7 Å². The van der Waals surface area contributed by atoms with Crippen molar-refractivity contribution < 1.29 is 9.53 Å². The first kappa shape index (κ1) is 9.11. The summed E-state index contributed by atoms with van der Waals surface area (Å²) in [6.07, 6.45) is -0.301. The predicted octanol–water partition coefficient (Wildman–Crippen LogP) is 1.37. The van der Waals surface area contributed by atoms with E-state index in [2.05, 4.69) is 15.9 Å². The summed E-state index contributed by atoms with van der Waals surface area (Å²) in [6.45, 7) is 3.40. The number of halogens is 1. The molecule has 0 amide bonds. The molecule has 0 saturated carbocycles. The van der Waals surface area contributed by atoms with Crippen LogP contribution in [0.2, 0.25) is 0 Å². The fraction of sp³-hybridized carbons (Fsp3) is 0.833. The van der Waals surface area contributed by atoms with Crippen LogP contribution in [0.3, 0.4) is 0 Å². The summed E-state index contributed by atoms with van der Waals surface area (Å²) >= 11 is 3.26. The van der Waals surface area contributed by atoms with E-state index in [1.807, 2.05) is 6.92 Å². The monoisotopic (exact) mass is 194 g/mol. The van der Waals surface area contributed by atoms with E-state index < -0.39 is 0 Å². The Kier molecular flexibility index (Phi) is 4.06. The van der Waals surface area contributed by atoms with Crippen molar-refractivity contribution in [2.24, 2.45) is 0 Å². The number of hydrogen-bond donors (Lipinski definition) is 0. The lowest BCUT2D eigenvalue weighted by molar-refractivity contribution is -0.126. The minimum absolute atomic E-state index is 0.0573. The first-order chi connectivity index (χ1) is 4.09. The van der Waals surface area contributed by atoms with Gasteiger partial charge in [-0.25, -0.2) is 0 Å². The van der Waals surface area contributed by atoms with Crippen LogP contribution in [-0.4, -0.2) is 23.8 Å². The van der Waals surface area contributed by atoms with Gasteiger partial charge in [-0.15, -0.1) is 0 Å². The SMILES string of the molecule is COC(C(C)=O)C(C)Br. The molecule has 9 heavy (non-hydrogen) atoms. The zero-order chi connectivity index (χ0) is 7.44. The molecule has 54 valence electrons. The molecule has 0 fully saturated rings. The van der Waals surface area contributed by atoms with E-state index in [4.69, 9.17) is 4.74 Å². The number of carbonyl (C=O) groups excluding carboxylic acids is 1. The van der Waals surface area contributed by atoms with E-state index >= 15 is 0 Å². The van der Waals surface area contributed by atoms with Crippen molar-refractivity contribution >= 4 is 21.7 Å². The molecular weight excluding hydrogens is 184 g/mol. The number of methoxy groups -OCH3 is 1. The van der Waals surface area contributed by atoms with Crippen molar-refractivity contribution in [3.05, 3.63) is 0 Å². The third kappa shape index (κ3) is 2.96. The Labute approximate surface area is 63.7 Å². The van der Waals surface area contributed by atoms with Gasteiger partial charge in [0.2, 0.25) is 0 Å². The van der Waals surface area contributed by atoms with E-state index in [1.165, 1.54) is 14.0 Å². The van der Waals surface area contributed by atoms with E-state index in [9.17, 15) is 4.79 Å². The average molecular weight is 195 g/mol. The third-order valence-electron chi connectivity index (χ3n) is 1.07. The van der Waals surface area contributed by atoms with E-state index in [0.29, 0.717) is 0 Å². The highest BCUT2D eigenvalue weighted by Gasteiger charge is 2.17. The molecule has 0 heterocycles. The van der Waals surface area contributed by atoms with Gasteiger partial charge in [-0.05, 0) is 13.8 Å². The summed E-state index contributed by atoms with van der Waals surface area (Å²) in [4.78, 5) is 10.8. The van der Waals surface area contributed by atoms with Crippen molar-refractivity contribution in [3.63, 3.8) is 0 Å². The second-order valence-electron chi connectivity index (χ2n) is 1.94. The molecule has 0 saturated heterocycles. The maximum atomic E-state index is 10.7. The number of carbonyl (C=O) groups is 1. The quantitative estimate of drug-likeness (QED) is 0.635. The molecular formula is C6H11BrO2. The van der Waals surface area contributed by atoms with Gasteiger partial charge in [-0.2, -0.15) is 0 Å². The Morgan fingerprint density at radius 1 is 1.67 bits per heavy atom. The maximum Gasteiger partial charge on any atom is 0.159 e. The summed E-state index contributed by atoms with van der Waals surface area (Å²) in [5, 5.41) is 0. The minimum Gasteiger partial charge on any atom is -0.373 e. The minimum atomic E-state index is -0.301. The Balaban J connectivity index is 3.83. The summed E-state index contributed by atoms with van der Waals surface area (Å²) in [5.74, 6) is 0.0573. The van der Waals surface area contributed by atoms with Crippen LogP contribution >= 0.6 is 15.9 Å². The van der Waals surface area contributed by atoms with Gasteiger partial charge in [0.1, 0.15) is 6.10 Å². The molecule has 0 aliphatic rings. The highest BCUT2D eigenvalue weighted by molar-refractivity contribution is 9.09. The van der Waals surface area contributed by atoms with Gasteiger partial charge in [0.15, 0.2) is 5.78 Å². The Bertz CT molecular complexity index is 101. The van der Waals surface area contributed by atoms with Gasteiger partial charge in [-0.1, -0.05) is 15.9 Å². The van der Waals surface area contributed by atoms with Gasteiger partial charge >= 0.3 is 0 Å². The van der Waals surface area contributed by atoms with Crippen molar-refractivity contribution in [2.75, 3.05) is 7.11 Å². The first-order valence-electron chi connectivity index (χ1n) is 2.77.